The number of hydrogen-bond acceptors (Lipinski definition) is 4. The molecule has 1 aliphatic heterocycles. The van der Waals surface area contributed by atoms with Crippen LogP contribution in [0.4, 0.5) is 5.69 Å². The Hall–Kier alpha value is -2.18. The summed E-state index contributed by atoms with van der Waals surface area (Å²) in [5, 5.41) is 8.09. The van der Waals surface area contributed by atoms with Gasteiger partial charge in [0.05, 0.1) is 6.54 Å². The van der Waals surface area contributed by atoms with Crippen molar-refractivity contribution in [3.05, 3.63) is 52.7 Å². The zero-order chi connectivity index (χ0) is 18.2. The number of rotatable bonds is 7. The quantitative estimate of drug-likeness (QED) is 0.787. The molecule has 1 aliphatic rings. The van der Waals surface area contributed by atoms with Crippen LogP contribution < -0.4 is 10.6 Å². The molecule has 26 heavy (non-hydrogen) atoms. The normalized spacial score (nSPS) is 15.5. The standard InChI is InChI=1S/C20H25N3O2S/c24-19(9-8-18-7-4-14-26-18)21-17-10-12-23(13-11-17)15-20(25)22-16-5-2-1-3-6-16/h1-7,14,17H,8-13,15H2,(H,21,24)(H,22,25). The van der Waals surface area contributed by atoms with Crippen molar-refractivity contribution in [2.75, 3.05) is 25.0 Å². The molecule has 0 bridgehead atoms. The zero-order valence-electron chi connectivity index (χ0n) is 14.8. The van der Waals surface area contributed by atoms with Gasteiger partial charge < -0.3 is 10.6 Å². The van der Waals surface area contributed by atoms with E-state index in [0.717, 1.165) is 38.0 Å². The summed E-state index contributed by atoms with van der Waals surface area (Å²) in [5.41, 5.74) is 0.824. The minimum atomic E-state index is 0.00892. The molecule has 1 aromatic carbocycles. The van der Waals surface area contributed by atoms with Gasteiger partial charge in [-0.05, 0) is 42.8 Å². The first-order valence-corrected chi connectivity index (χ1v) is 9.96. The number of nitrogens with one attached hydrogen (secondary N) is 2. The van der Waals surface area contributed by atoms with E-state index in [1.807, 2.05) is 41.8 Å². The first kappa shape index (κ1) is 18.6. The van der Waals surface area contributed by atoms with E-state index in [1.165, 1.54) is 4.88 Å². The van der Waals surface area contributed by atoms with Gasteiger partial charge in [0, 0.05) is 36.1 Å². The van der Waals surface area contributed by atoms with Crippen molar-refractivity contribution < 1.29 is 9.59 Å². The molecule has 2 aromatic rings. The number of nitrogens with zero attached hydrogens (tertiary/aromatic N) is 1. The van der Waals surface area contributed by atoms with Crippen LogP contribution in [0.25, 0.3) is 0 Å². The third-order valence-corrected chi connectivity index (χ3v) is 5.49. The molecular weight excluding hydrogens is 346 g/mol. The molecule has 3 rings (SSSR count). The molecule has 0 aliphatic carbocycles. The Morgan fingerprint density at radius 3 is 2.50 bits per heavy atom. The highest BCUT2D eigenvalue weighted by molar-refractivity contribution is 7.09. The minimum Gasteiger partial charge on any atom is -0.353 e. The van der Waals surface area contributed by atoms with Crippen LogP contribution in [-0.4, -0.2) is 42.4 Å². The average Bonchev–Trinajstić information content (AvgIpc) is 3.16. The molecule has 0 spiro atoms. The molecule has 0 radical (unpaired) electrons. The second-order valence-corrected chi connectivity index (χ2v) is 7.64. The van der Waals surface area contributed by atoms with Gasteiger partial charge in [-0.2, -0.15) is 0 Å². The molecule has 6 heteroatoms. The van der Waals surface area contributed by atoms with Gasteiger partial charge in [0.25, 0.3) is 0 Å². The van der Waals surface area contributed by atoms with E-state index in [2.05, 4.69) is 21.6 Å². The summed E-state index contributed by atoms with van der Waals surface area (Å²) >= 11 is 1.69. The Kier molecular flexibility index (Phi) is 6.80. The van der Waals surface area contributed by atoms with Gasteiger partial charge in [0.2, 0.25) is 11.8 Å². The van der Waals surface area contributed by atoms with Crippen molar-refractivity contribution in [1.29, 1.82) is 0 Å². The number of carbonyl (C=O) groups is 2. The smallest absolute Gasteiger partial charge is 0.238 e. The first-order chi connectivity index (χ1) is 12.7. The number of hydrogen-bond donors (Lipinski definition) is 2. The molecule has 138 valence electrons. The summed E-state index contributed by atoms with van der Waals surface area (Å²) in [6.45, 7) is 2.06. The largest absolute Gasteiger partial charge is 0.353 e. The van der Waals surface area contributed by atoms with E-state index in [9.17, 15) is 9.59 Å². The van der Waals surface area contributed by atoms with Crippen LogP contribution in [0, 0.1) is 0 Å². The summed E-state index contributed by atoms with van der Waals surface area (Å²) in [5.74, 6) is 0.133. The van der Waals surface area contributed by atoms with Gasteiger partial charge >= 0.3 is 0 Å². The number of piperidine rings is 1. The molecular formula is C20H25N3O2S. The van der Waals surface area contributed by atoms with E-state index in [1.54, 1.807) is 11.3 Å². The van der Waals surface area contributed by atoms with Crippen LogP contribution in [0.2, 0.25) is 0 Å². The summed E-state index contributed by atoms with van der Waals surface area (Å²) in [4.78, 5) is 27.6. The highest BCUT2D eigenvalue weighted by Gasteiger charge is 2.22. The van der Waals surface area contributed by atoms with Crippen molar-refractivity contribution in [3.63, 3.8) is 0 Å². The van der Waals surface area contributed by atoms with E-state index < -0.39 is 0 Å². The van der Waals surface area contributed by atoms with Gasteiger partial charge in [0.15, 0.2) is 0 Å². The number of anilines is 1. The molecule has 2 amide bonds. The van der Waals surface area contributed by atoms with Crippen LogP contribution in [0.15, 0.2) is 47.8 Å². The topological polar surface area (TPSA) is 61.4 Å². The van der Waals surface area contributed by atoms with Crippen molar-refractivity contribution >= 4 is 28.8 Å². The lowest BCUT2D eigenvalue weighted by Gasteiger charge is -2.31. The zero-order valence-corrected chi connectivity index (χ0v) is 15.6. The number of carbonyl (C=O) groups excluding carboxylic acids is 2. The predicted octanol–water partition coefficient (Wildman–Crippen LogP) is 2.90. The van der Waals surface area contributed by atoms with E-state index in [-0.39, 0.29) is 17.9 Å². The number of amides is 2. The van der Waals surface area contributed by atoms with Crippen molar-refractivity contribution in [3.8, 4) is 0 Å². The maximum Gasteiger partial charge on any atom is 0.238 e. The van der Waals surface area contributed by atoms with Gasteiger partial charge in [-0.15, -0.1) is 11.3 Å². The minimum absolute atomic E-state index is 0.00892. The van der Waals surface area contributed by atoms with Crippen LogP contribution in [0.3, 0.4) is 0 Å². The molecule has 1 fully saturated rings. The van der Waals surface area contributed by atoms with Gasteiger partial charge in [-0.3, -0.25) is 14.5 Å². The van der Waals surface area contributed by atoms with Crippen molar-refractivity contribution in [2.24, 2.45) is 0 Å². The van der Waals surface area contributed by atoms with Gasteiger partial charge in [0.1, 0.15) is 0 Å². The van der Waals surface area contributed by atoms with E-state index in [0.29, 0.717) is 13.0 Å². The van der Waals surface area contributed by atoms with E-state index in [4.69, 9.17) is 0 Å². The third-order valence-electron chi connectivity index (χ3n) is 4.56. The SMILES string of the molecule is O=C(CN1CCC(NC(=O)CCc2cccs2)CC1)Nc1ccccc1. The Balaban J connectivity index is 1.33. The maximum absolute atomic E-state index is 12.1. The molecule has 1 aromatic heterocycles. The van der Waals surface area contributed by atoms with Gasteiger partial charge in [-0.1, -0.05) is 24.3 Å². The van der Waals surface area contributed by atoms with Crippen LogP contribution in [0.5, 0.6) is 0 Å². The Morgan fingerprint density at radius 2 is 1.81 bits per heavy atom. The molecule has 0 saturated carbocycles. The van der Waals surface area contributed by atoms with Crippen LogP contribution >= 0.6 is 11.3 Å². The van der Waals surface area contributed by atoms with Crippen molar-refractivity contribution in [2.45, 2.75) is 31.7 Å². The van der Waals surface area contributed by atoms with Crippen LogP contribution in [-0.2, 0) is 16.0 Å². The number of likely N-dealkylation sites (tertiary alicyclic amines) is 1. The lowest BCUT2D eigenvalue weighted by molar-refractivity contribution is -0.122. The maximum atomic E-state index is 12.1. The second kappa shape index (κ2) is 9.50. The van der Waals surface area contributed by atoms with E-state index >= 15 is 0 Å². The summed E-state index contributed by atoms with van der Waals surface area (Å²) in [6.07, 6.45) is 3.13. The average molecular weight is 372 g/mol. The Morgan fingerprint density at radius 1 is 1.04 bits per heavy atom. The van der Waals surface area contributed by atoms with Crippen molar-refractivity contribution in [1.82, 2.24) is 10.2 Å². The lowest BCUT2D eigenvalue weighted by atomic mass is 10.0. The van der Waals surface area contributed by atoms with Gasteiger partial charge in [-0.25, -0.2) is 0 Å². The molecule has 1 saturated heterocycles. The first-order valence-electron chi connectivity index (χ1n) is 9.08. The molecule has 2 N–H and O–H groups in total. The lowest BCUT2D eigenvalue weighted by Crippen LogP contribution is -2.46. The number of aryl methyl sites for hydroxylation is 1. The molecule has 5 nitrogen and oxygen atoms in total. The molecule has 2 heterocycles. The Labute approximate surface area is 158 Å². The fraction of sp³-hybridized carbons (Fsp3) is 0.400. The molecule has 0 unspecified atom stereocenters. The Bertz CT molecular complexity index is 695. The fourth-order valence-electron chi connectivity index (χ4n) is 3.15. The third kappa shape index (κ3) is 5.97. The summed E-state index contributed by atoms with van der Waals surface area (Å²) in [6, 6.07) is 13.8. The summed E-state index contributed by atoms with van der Waals surface area (Å²) in [7, 11) is 0. The number of para-hydroxylation sites is 1. The monoisotopic (exact) mass is 371 g/mol. The fourth-order valence-corrected chi connectivity index (χ4v) is 3.86. The number of thiophene rings is 1. The molecule has 0 atom stereocenters. The summed E-state index contributed by atoms with van der Waals surface area (Å²) < 4.78 is 0. The highest BCUT2D eigenvalue weighted by Crippen LogP contribution is 2.13. The van der Waals surface area contributed by atoms with Crippen LogP contribution in [0.1, 0.15) is 24.1 Å². The highest BCUT2D eigenvalue weighted by atomic mass is 32.1. The number of benzene rings is 1. The second-order valence-electron chi connectivity index (χ2n) is 6.61. The predicted molar refractivity (Wildman–Crippen MR) is 105 cm³/mol.